The molecule has 0 aromatic heterocycles. The van der Waals surface area contributed by atoms with Gasteiger partial charge in [0.2, 0.25) is 0 Å². The molecule has 0 aromatic rings. The standard InChI is InChI=1S/3Ca.3Ni.5H3O4P.6H/c;;;;;;5*1-5(2,3)4;;;;;;/h;;;;;;5*(H3,1,2,3,4);;;;;;/q;;;3*+2;;;;;;;;;;;/p-6. The molecule has 31 heteroatoms. The first kappa shape index (κ1) is 70.9. The Morgan fingerprint density at radius 2 is 0.355 bits per heavy atom. The molecule has 31 heavy (non-hydrogen) atoms. The monoisotopic (exact) mass is 784 g/mol. The summed E-state index contributed by atoms with van der Waals surface area (Å²) in [4.78, 5) is 116. The van der Waals surface area contributed by atoms with E-state index >= 15 is 0 Å². The Morgan fingerprint density at radius 3 is 0.355 bits per heavy atom. The summed E-state index contributed by atoms with van der Waals surface area (Å²) in [6, 6.07) is 0. The fourth-order valence-electron chi connectivity index (χ4n) is 0. The zero-order chi connectivity index (χ0) is 22.5. The smallest absolute Gasteiger partial charge is 2.00 e. The molecule has 196 valence electrons. The van der Waals surface area contributed by atoms with Crippen molar-refractivity contribution in [3.8, 4) is 0 Å². The Labute approximate surface area is 293 Å². The summed E-state index contributed by atoms with van der Waals surface area (Å²) in [5.41, 5.74) is 0. The van der Waals surface area contributed by atoms with Crippen molar-refractivity contribution >= 4 is 152 Å². The summed E-state index contributed by atoms with van der Waals surface area (Å²) >= 11 is 0. The average Bonchev–Trinajstić information content (AvgIpc) is 1.79. The molecule has 0 amide bonds. The number of rotatable bonds is 0. The van der Waals surface area contributed by atoms with Crippen LogP contribution in [0, 0.1) is 0 Å². The Balaban J connectivity index is -0.0000000171. The average molecular weight is 786 g/mol. The van der Waals surface area contributed by atoms with E-state index in [2.05, 4.69) is 0 Å². The third-order valence-corrected chi connectivity index (χ3v) is 0. The van der Waals surface area contributed by atoms with E-state index in [1.54, 1.807) is 0 Å². The third-order valence-electron chi connectivity index (χ3n) is 0. The fourth-order valence-corrected chi connectivity index (χ4v) is 0. The molecule has 0 heterocycles. The summed E-state index contributed by atoms with van der Waals surface area (Å²) in [5.74, 6) is 0. The van der Waals surface area contributed by atoms with Crippen LogP contribution in [0.4, 0.5) is 0 Å². The molecule has 0 saturated heterocycles. The first-order chi connectivity index (χ1) is 10.0. The molecular weight excluding hydrogens is 771 g/mol. The van der Waals surface area contributed by atoms with E-state index in [1.165, 1.54) is 0 Å². The zero-order valence-corrected chi connectivity index (χ0v) is 19.1. The van der Waals surface area contributed by atoms with Crippen LogP contribution in [0.25, 0.3) is 0 Å². The molecule has 0 bridgehead atoms. The van der Waals surface area contributed by atoms with Crippen LogP contribution in [0.1, 0.15) is 0 Å². The minimum Gasteiger partial charge on any atom is 2.00 e. The number of hydrogen-bond donors (Lipinski definition) is 9. The van der Waals surface area contributed by atoms with Crippen molar-refractivity contribution in [3.05, 3.63) is 0 Å². The van der Waals surface area contributed by atoms with Crippen molar-refractivity contribution in [1.82, 2.24) is 0 Å². The van der Waals surface area contributed by atoms with Gasteiger partial charge in [-0.2, -0.15) is 15.6 Å². The summed E-state index contributed by atoms with van der Waals surface area (Å²) in [7, 11) is -24.7. The van der Waals surface area contributed by atoms with Gasteiger partial charge in [0.1, 0.15) is 0 Å². The second-order valence-corrected chi connectivity index (χ2v) is 7.30. The van der Waals surface area contributed by atoms with E-state index in [0.717, 1.165) is 0 Å². The minimum absolute atomic E-state index is 0. The molecule has 0 aliphatic carbocycles. The van der Waals surface area contributed by atoms with Gasteiger partial charge in [-0.15, -0.1) is 0 Å². The van der Waals surface area contributed by atoms with Gasteiger partial charge in [-0.1, -0.05) is 0 Å². The van der Waals surface area contributed by atoms with Crippen LogP contribution in [0.5, 0.6) is 0 Å². The van der Waals surface area contributed by atoms with Gasteiger partial charge in [0.05, 0.1) is 0 Å². The van der Waals surface area contributed by atoms with E-state index in [9.17, 15) is 0 Å². The summed E-state index contributed by atoms with van der Waals surface area (Å²) in [6.07, 6.45) is 0. The van der Waals surface area contributed by atoms with E-state index in [4.69, 9.17) is 96.2 Å². The zero-order valence-electron chi connectivity index (χ0n) is 11.7. The Bertz CT molecular complexity index is 393. The maximum atomic E-state index is 8.88. The van der Waals surface area contributed by atoms with Gasteiger partial charge in [0.15, 0.2) is 0 Å². The van der Waals surface area contributed by atoms with E-state index in [0.29, 0.717) is 0 Å². The molecule has 20 nitrogen and oxygen atoms in total. The Kier molecular flexibility index (Phi) is 77.3. The van der Waals surface area contributed by atoms with Gasteiger partial charge in [0.25, 0.3) is 0 Å². The van der Waals surface area contributed by atoms with E-state index in [1.807, 2.05) is 0 Å². The maximum Gasteiger partial charge on any atom is 2.00 e. The molecule has 0 radical (unpaired) electrons. The van der Waals surface area contributed by atoms with Crippen molar-refractivity contribution in [2.75, 3.05) is 0 Å². The molecule has 0 aliphatic rings. The first-order valence-electron chi connectivity index (χ1n) is 3.81. The van der Waals surface area contributed by atoms with Crippen LogP contribution in [0.2, 0.25) is 0 Å². The van der Waals surface area contributed by atoms with Crippen molar-refractivity contribution in [2.45, 2.75) is 0 Å². The molecule has 0 aliphatic heterocycles. The van der Waals surface area contributed by atoms with Gasteiger partial charge in [-0.25, -0.2) is 13.7 Å². The van der Waals surface area contributed by atoms with Crippen molar-refractivity contribution in [3.63, 3.8) is 0 Å². The van der Waals surface area contributed by atoms with E-state index < -0.39 is 39.1 Å². The largest absolute Gasteiger partial charge is 2.00 e. The van der Waals surface area contributed by atoms with Crippen LogP contribution in [-0.2, 0) is 72.3 Å². The quantitative estimate of drug-likeness (QED) is 0.0813. The van der Waals surface area contributed by atoms with Crippen LogP contribution >= 0.6 is 39.1 Å². The topological polar surface area (TPSA) is 406 Å². The van der Waals surface area contributed by atoms with Crippen LogP contribution in [-0.4, -0.2) is 157 Å². The molecule has 0 unspecified atom stereocenters. The predicted octanol–water partition coefficient (Wildman–Crippen LogP) is -11.2. The molecule has 0 rings (SSSR count). The van der Waals surface area contributed by atoms with Gasteiger partial charge in [-0.05, 0) is 0 Å². The molecule has 0 fully saturated rings. The normalized spacial score (nSPS) is 9.52. The fraction of sp³-hybridized carbons (Fsp3) is 0. The SMILES string of the molecule is O=P(O)(O)O.O=P(O)(O)O.O=P(O)(O)O.O=P([O-])([O-])[O-].O=P([O-])([O-])[O-].[CaH2].[CaH2].[CaH2].[Ni+2].[Ni+2].[Ni+2]. The van der Waals surface area contributed by atoms with E-state index in [-0.39, 0.29) is 163 Å². The third kappa shape index (κ3) is 1210. The van der Waals surface area contributed by atoms with Gasteiger partial charge >= 0.3 is 186 Å². The first-order valence-corrected chi connectivity index (χ1v) is 11.4. The second-order valence-electron chi connectivity index (χ2n) is 2.43. The van der Waals surface area contributed by atoms with Gasteiger partial charge in [0, 0.05) is 0 Å². The van der Waals surface area contributed by atoms with Crippen molar-refractivity contribution in [1.29, 1.82) is 0 Å². The van der Waals surface area contributed by atoms with Crippen molar-refractivity contribution < 1.29 is 146 Å². The molecule has 9 N–H and O–H groups in total. The Hall–Kier alpha value is 5.81. The molecule has 0 atom stereocenters. The van der Waals surface area contributed by atoms with Crippen LogP contribution < -0.4 is 29.4 Å². The predicted molar refractivity (Wildman–Crippen MR) is 83.6 cm³/mol. The van der Waals surface area contributed by atoms with Crippen LogP contribution in [0.3, 0.4) is 0 Å². The summed E-state index contributed by atoms with van der Waals surface area (Å²) in [6.45, 7) is 0. The number of phosphoric acid groups is 5. The number of hydrogen-bond acceptors (Lipinski definition) is 11. The van der Waals surface area contributed by atoms with Crippen molar-refractivity contribution in [2.24, 2.45) is 0 Å². The molecule has 0 spiro atoms. The maximum absolute atomic E-state index is 8.88. The Morgan fingerprint density at radius 1 is 0.355 bits per heavy atom. The van der Waals surface area contributed by atoms with Gasteiger partial charge < -0.3 is 82.5 Å². The summed E-state index contributed by atoms with van der Waals surface area (Å²) in [5, 5.41) is 0. The minimum atomic E-state index is -5.39. The molecule has 0 aromatic carbocycles. The summed E-state index contributed by atoms with van der Waals surface area (Å²) < 4.78 is 43.7. The van der Waals surface area contributed by atoms with Crippen LogP contribution in [0.15, 0.2) is 0 Å². The molecular formula is H15Ca3Ni3O20P5. The van der Waals surface area contributed by atoms with Gasteiger partial charge in [-0.3, -0.25) is 0 Å². The second kappa shape index (κ2) is 33.8. The molecule has 0 saturated carbocycles.